The molecule has 0 atom stereocenters. The lowest BCUT2D eigenvalue weighted by Gasteiger charge is -1.95. The highest BCUT2D eigenvalue weighted by Crippen LogP contribution is 2.28. The van der Waals surface area contributed by atoms with E-state index in [9.17, 15) is 12.8 Å². The third kappa shape index (κ3) is 2.15. The molecule has 0 aliphatic carbocycles. The van der Waals surface area contributed by atoms with Crippen molar-refractivity contribution in [2.45, 2.75) is 4.90 Å². The number of benzene rings is 1. The van der Waals surface area contributed by atoms with E-state index >= 15 is 0 Å². The SMILES string of the molecule is O.O.O=S1(=O)N=C(Cl)c2ccc(F)cc21. The van der Waals surface area contributed by atoms with Crippen LogP contribution in [0, 0.1) is 5.82 Å². The van der Waals surface area contributed by atoms with Crippen LogP contribution in [0.3, 0.4) is 0 Å². The van der Waals surface area contributed by atoms with Gasteiger partial charge in [0.25, 0.3) is 10.0 Å². The average Bonchev–Trinajstić information content (AvgIpc) is 2.23. The topological polar surface area (TPSA) is 109 Å². The molecule has 0 fully saturated rings. The lowest BCUT2D eigenvalue weighted by atomic mass is 10.2. The molecule has 0 bridgehead atoms. The van der Waals surface area contributed by atoms with Crippen molar-refractivity contribution in [2.24, 2.45) is 4.40 Å². The van der Waals surface area contributed by atoms with Crippen LogP contribution in [0.4, 0.5) is 4.39 Å². The zero-order chi connectivity index (χ0) is 9.64. The maximum atomic E-state index is 12.7. The van der Waals surface area contributed by atoms with Gasteiger partial charge in [-0.2, -0.15) is 8.42 Å². The number of fused-ring (bicyclic) bond motifs is 1. The molecule has 84 valence electrons. The van der Waals surface area contributed by atoms with E-state index in [1.165, 1.54) is 6.07 Å². The summed E-state index contributed by atoms with van der Waals surface area (Å²) in [6.45, 7) is 0. The van der Waals surface area contributed by atoms with E-state index in [-0.39, 0.29) is 26.6 Å². The van der Waals surface area contributed by atoms with Gasteiger partial charge in [0.05, 0.1) is 0 Å². The number of rotatable bonds is 0. The van der Waals surface area contributed by atoms with Gasteiger partial charge in [0.1, 0.15) is 10.7 Å². The first-order valence-corrected chi connectivity index (χ1v) is 5.13. The molecule has 8 heteroatoms. The lowest BCUT2D eigenvalue weighted by molar-refractivity contribution is 0.594. The Kier molecular flexibility index (Phi) is 3.94. The number of hydrogen-bond acceptors (Lipinski definition) is 2. The Balaban J connectivity index is 0.000000980. The molecule has 0 saturated heterocycles. The summed E-state index contributed by atoms with van der Waals surface area (Å²) in [5.41, 5.74) is 0.253. The minimum Gasteiger partial charge on any atom is -0.412 e. The molecule has 1 aliphatic heterocycles. The van der Waals surface area contributed by atoms with E-state index in [0.29, 0.717) is 0 Å². The van der Waals surface area contributed by atoms with Gasteiger partial charge in [-0.1, -0.05) is 11.6 Å². The molecule has 0 spiro atoms. The van der Waals surface area contributed by atoms with Crippen molar-refractivity contribution in [1.29, 1.82) is 0 Å². The van der Waals surface area contributed by atoms with Gasteiger partial charge < -0.3 is 11.0 Å². The van der Waals surface area contributed by atoms with Crippen molar-refractivity contribution < 1.29 is 23.8 Å². The van der Waals surface area contributed by atoms with Crippen molar-refractivity contribution in [3.05, 3.63) is 29.6 Å². The zero-order valence-corrected chi connectivity index (χ0v) is 8.73. The van der Waals surface area contributed by atoms with Crippen LogP contribution in [0.15, 0.2) is 27.5 Å². The van der Waals surface area contributed by atoms with Crippen molar-refractivity contribution in [3.63, 3.8) is 0 Å². The summed E-state index contributed by atoms with van der Waals surface area (Å²) in [6, 6.07) is 3.34. The van der Waals surface area contributed by atoms with Crippen LogP contribution in [0.5, 0.6) is 0 Å². The quantitative estimate of drug-likeness (QED) is 0.643. The molecule has 0 saturated carbocycles. The van der Waals surface area contributed by atoms with Gasteiger partial charge in [0.15, 0.2) is 5.17 Å². The molecule has 0 amide bonds. The second kappa shape index (κ2) is 4.23. The molecule has 0 radical (unpaired) electrons. The Hall–Kier alpha value is -1.02. The van der Waals surface area contributed by atoms with Crippen LogP contribution in [-0.2, 0) is 10.0 Å². The van der Waals surface area contributed by atoms with E-state index in [2.05, 4.69) is 4.40 Å². The maximum Gasteiger partial charge on any atom is 0.284 e. The first-order chi connectivity index (χ1) is 6.00. The van der Waals surface area contributed by atoms with E-state index in [4.69, 9.17) is 11.6 Å². The third-order valence-corrected chi connectivity index (χ3v) is 3.35. The van der Waals surface area contributed by atoms with Gasteiger partial charge in [-0.25, -0.2) is 4.39 Å². The number of hydrogen-bond donors (Lipinski definition) is 0. The normalized spacial score (nSPS) is 15.7. The van der Waals surface area contributed by atoms with Crippen molar-refractivity contribution in [1.82, 2.24) is 0 Å². The van der Waals surface area contributed by atoms with Crippen LogP contribution >= 0.6 is 11.6 Å². The molecule has 5 nitrogen and oxygen atoms in total. The van der Waals surface area contributed by atoms with Gasteiger partial charge in [0.2, 0.25) is 0 Å². The minimum atomic E-state index is -3.76. The molecule has 0 unspecified atom stereocenters. The highest BCUT2D eigenvalue weighted by molar-refractivity contribution is 7.91. The van der Waals surface area contributed by atoms with E-state index < -0.39 is 15.8 Å². The highest BCUT2D eigenvalue weighted by Gasteiger charge is 2.27. The first-order valence-electron chi connectivity index (χ1n) is 3.31. The summed E-state index contributed by atoms with van der Waals surface area (Å²) in [7, 11) is -3.76. The fourth-order valence-corrected chi connectivity index (χ4v) is 2.69. The second-order valence-electron chi connectivity index (χ2n) is 2.50. The van der Waals surface area contributed by atoms with E-state index in [1.807, 2.05) is 0 Å². The van der Waals surface area contributed by atoms with Crippen LogP contribution in [0.25, 0.3) is 0 Å². The fraction of sp³-hybridized carbons (Fsp3) is 0. The monoisotopic (exact) mass is 255 g/mol. The number of nitrogens with zero attached hydrogens (tertiary/aromatic N) is 1. The van der Waals surface area contributed by atoms with Crippen LogP contribution in [0.2, 0.25) is 0 Å². The molecule has 1 aliphatic rings. The fourth-order valence-electron chi connectivity index (χ4n) is 1.08. The average molecular weight is 256 g/mol. The van der Waals surface area contributed by atoms with E-state index in [1.54, 1.807) is 0 Å². The number of halogens is 2. The molecule has 15 heavy (non-hydrogen) atoms. The molecule has 1 aromatic rings. The third-order valence-electron chi connectivity index (χ3n) is 1.64. The molecule has 1 heterocycles. The predicted molar refractivity (Wildman–Crippen MR) is 53.2 cm³/mol. The predicted octanol–water partition coefficient (Wildman–Crippen LogP) is -0.136. The zero-order valence-electron chi connectivity index (χ0n) is 7.16. The van der Waals surface area contributed by atoms with Gasteiger partial charge in [-0.15, -0.1) is 4.40 Å². The maximum absolute atomic E-state index is 12.7. The molecule has 0 aromatic heterocycles. The van der Waals surface area contributed by atoms with Crippen LogP contribution in [-0.4, -0.2) is 24.5 Å². The van der Waals surface area contributed by atoms with Gasteiger partial charge in [-0.3, -0.25) is 0 Å². The van der Waals surface area contributed by atoms with Crippen molar-refractivity contribution >= 4 is 26.8 Å². The molecule has 2 rings (SSSR count). The lowest BCUT2D eigenvalue weighted by Crippen LogP contribution is -1.94. The van der Waals surface area contributed by atoms with Crippen LogP contribution < -0.4 is 0 Å². The molecular weight excluding hydrogens is 249 g/mol. The summed E-state index contributed by atoms with van der Waals surface area (Å²) in [5, 5.41) is -0.116. The van der Waals surface area contributed by atoms with Gasteiger partial charge in [-0.05, 0) is 18.2 Å². The Bertz CT molecular complexity index is 514. The number of sulfonamides is 1. The van der Waals surface area contributed by atoms with Gasteiger partial charge in [0, 0.05) is 5.56 Å². The van der Waals surface area contributed by atoms with E-state index in [0.717, 1.165) is 12.1 Å². The standard InChI is InChI=1S/C7H3ClFNO2S.2H2O/c8-7-5-2-1-4(9)3-6(5)13(11,12)10-7;;/h1-3H;2*1H2. The Morgan fingerprint density at radius 1 is 1.27 bits per heavy atom. The Morgan fingerprint density at radius 2 is 1.87 bits per heavy atom. The van der Waals surface area contributed by atoms with Crippen LogP contribution in [0.1, 0.15) is 5.56 Å². The second-order valence-corrected chi connectivity index (χ2v) is 4.43. The smallest absolute Gasteiger partial charge is 0.284 e. The Labute approximate surface area is 89.9 Å². The molecule has 4 N–H and O–H groups in total. The van der Waals surface area contributed by atoms with Crippen molar-refractivity contribution in [3.8, 4) is 0 Å². The molecule has 1 aromatic carbocycles. The van der Waals surface area contributed by atoms with Crippen molar-refractivity contribution in [2.75, 3.05) is 0 Å². The summed E-state index contributed by atoms with van der Waals surface area (Å²) in [5.74, 6) is -0.621. The Morgan fingerprint density at radius 3 is 2.47 bits per heavy atom. The summed E-state index contributed by atoms with van der Waals surface area (Å²) >= 11 is 5.53. The highest BCUT2D eigenvalue weighted by atomic mass is 35.5. The molecular formula is C7H7ClFNO4S. The summed E-state index contributed by atoms with van der Waals surface area (Å²) in [4.78, 5) is -0.169. The largest absolute Gasteiger partial charge is 0.412 e. The summed E-state index contributed by atoms with van der Waals surface area (Å²) in [6.07, 6.45) is 0. The van der Waals surface area contributed by atoms with Gasteiger partial charge >= 0.3 is 0 Å². The summed E-state index contributed by atoms with van der Waals surface area (Å²) < 4.78 is 38.2. The first kappa shape index (κ1) is 14.0. The minimum absolute atomic E-state index is 0.